The van der Waals surface area contributed by atoms with Crippen molar-refractivity contribution in [1.82, 2.24) is 0 Å². The van der Waals surface area contributed by atoms with Gasteiger partial charge in [0.05, 0.1) is 0 Å². The van der Waals surface area contributed by atoms with Gasteiger partial charge in [0.2, 0.25) is 0 Å². The minimum Gasteiger partial charge on any atom is -0.422 e. The fourth-order valence-corrected chi connectivity index (χ4v) is 0.517. The van der Waals surface area contributed by atoms with Crippen LogP contribution in [0.3, 0.4) is 0 Å². The van der Waals surface area contributed by atoms with E-state index in [1.54, 1.807) is 0 Å². The topological polar surface area (TPSA) is 26.3 Å². The summed E-state index contributed by atoms with van der Waals surface area (Å²) in [5.74, 6) is 1.56. The number of hydrogen-bond donors (Lipinski definition) is 0. The lowest BCUT2D eigenvalue weighted by Crippen LogP contribution is -2.17. The third-order valence-corrected chi connectivity index (χ3v) is 1.35. The number of ether oxygens (including phenoxy) is 1. The Morgan fingerprint density at radius 2 is 2.30 bits per heavy atom. The van der Waals surface area contributed by atoms with Crippen molar-refractivity contribution in [1.29, 1.82) is 0 Å². The summed E-state index contributed by atoms with van der Waals surface area (Å²) in [7, 11) is 0. The summed E-state index contributed by atoms with van der Waals surface area (Å²) in [4.78, 5) is 10.5. The van der Waals surface area contributed by atoms with Crippen LogP contribution in [0.4, 0.5) is 0 Å². The summed E-state index contributed by atoms with van der Waals surface area (Å²) in [6.07, 6.45) is 5.98. The minimum absolute atomic E-state index is 0.591. The van der Waals surface area contributed by atoms with Gasteiger partial charge in [-0.05, 0) is 37.8 Å². The third-order valence-electron chi connectivity index (χ3n) is 0.563. The fraction of sp³-hybridized carbons (Fsp3) is 0.167. The van der Waals surface area contributed by atoms with Gasteiger partial charge in [0.15, 0.2) is 0 Å². The van der Waals surface area contributed by atoms with Crippen molar-refractivity contribution in [3.63, 3.8) is 0 Å². The fourth-order valence-electron chi connectivity index (χ4n) is 0.197. The number of carbonyl (C=O) groups excluding carboxylic acids is 1. The second-order valence-corrected chi connectivity index (χ2v) is 4.58. The SMILES string of the molecule is C#CC(Br)(Br)OC(=O)C=C. The van der Waals surface area contributed by atoms with E-state index in [1.165, 1.54) is 0 Å². The number of carbonyl (C=O) groups is 1. The molecule has 0 unspecified atom stereocenters. The Morgan fingerprint density at radius 3 is 2.60 bits per heavy atom. The average Bonchev–Trinajstić information content (AvgIpc) is 1.87. The van der Waals surface area contributed by atoms with Gasteiger partial charge in [0, 0.05) is 6.08 Å². The van der Waals surface area contributed by atoms with Crippen LogP contribution in [0.1, 0.15) is 0 Å². The van der Waals surface area contributed by atoms with E-state index in [-0.39, 0.29) is 0 Å². The van der Waals surface area contributed by atoms with Crippen LogP contribution in [0.15, 0.2) is 12.7 Å². The number of halogens is 2. The lowest BCUT2D eigenvalue weighted by atomic mass is 10.6. The molecule has 0 heterocycles. The molecule has 0 N–H and O–H groups in total. The van der Waals surface area contributed by atoms with E-state index < -0.39 is 9.39 Å². The van der Waals surface area contributed by atoms with Crippen LogP contribution < -0.4 is 0 Å². The predicted molar refractivity (Wildman–Crippen MR) is 45.7 cm³/mol. The summed E-state index contributed by atoms with van der Waals surface area (Å²) < 4.78 is 3.37. The Balaban J connectivity index is 4.04. The second-order valence-electron chi connectivity index (χ2n) is 1.29. The molecular weight excluding hydrogens is 264 g/mol. The maximum Gasteiger partial charge on any atom is 0.332 e. The van der Waals surface area contributed by atoms with Crippen LogP contribution in [0.2, 0.25) is 0 Å². The smallest absolute Gasteiger partial charge is 0.332 e. The van der Waals surface area contributed by atoms with E-state index in [9.17, 15) is 4.79 Å². The van der Waals surface area contributed by atoms with Crippen molar-refractivity contribution in [2.45, 2.75) is 3.42 Å². The first-order chi connectivity index (χ1) is 4.52. The van der Waals surface area contributed by atoms with Crippen molar-refractivity contribution in [3.05, 3.63) is 12.7 Å². The molecule has 4 heteroatoms. The quantitative estimate of drug-likeness (QED) is 0.330. The van der Waals surface area contributed by atoms with Crippen LogP contribution in [-0.4, -0.2) is 9.39 Å². The summed E-state index contributed by atoms with van der Waals surface area (Å²) >= 11 is 5.82. The minimum atomic E-state index is -1.20. The zero-order valence-corrected chi connectivity index (χ0v) is 8.11. The van der Waals surface area contributed by atoms with E-state index in [0.29, 0.717) is 0 Å². The van der Waals surface area contributed by atoms with E-state index in [2.05, 4.69) is 49.1 Å². The van der Waals surface area contributed by atoms with Gasteiger partial charge >= 0.3 is 5.97 Å². The molecule has 0 saturated carbocycles. The zero-order valence-electron chi connectivity index (χ0n) is 4.93. The van der Waals surface area contributed by atoms with Crippen LogP contribution in [0.25, 0.3) is 0 Å². The predicted octanol–water partition coefficient (Wildman–Crippen LogP) is 1.79. The first-order valence-corrected chi connectivity index (χ1v) is 3.81. The molecule has 0 saturated heterocycles. The maximum absolute atomic E-state index is 10.5. The second kappa shape index (κ2) is 3.79. The lowest BCUT2D eigenvalue weighted by molar-refractivity contribution is -0.138. The highest BCUT2D eigenvalue weighted by atomic mass is 79.9. The highest BCUT2D eigenvalue weighted by Gasteiger charge is 2.22. The lowest BCUT2D eigenvalue weighted by Gasteiger charge is -2.11. The monoisotopic (exact) mass is 266 g/mol. The molecule has 10 heavy (non-hydrogen) atoms. The van der Waals surface area contributed by atoms with Gasteiger partial charge in [-0.25, -0.2) is 4.79 Å². The summed E-state index contributed by atoms with van der Waals surface area (Å²) in [6.45, 7) is 3.19. The highest BCUT2D eigenvalue weighted by molar-refractivity contribution is 9.25. The maximum atomic E-state index is 10.5. The molecular formula is C6H4Br2O2. The third kappa shape index (κ3) is 3.70. The van der Waals surface area contributed by atoms with E-state index in [4.69, 9.17) is 6.42 Å². The van der Waals surface area contributed by atoms with E-state index in [1.807, 2.05) is 0 Å². The summed E-state index contributed by atoms with van der Waals surface area (Å²) in [6, 6.07) is 0. The van der Waals surface area contributed by atoms with Crippen LogP contribution >= 0.6 is 31.9 Å². The van der Waals surface area contributed by atoms with Gasteiger partial charge in [0.1, 0.15) is 0 Å². The molecule has 0 aliphatic rings. The van der Waals surface area contributed by atoms with Gasteiger partial charge in [-0.3, -0.25) is 0 Å². The largest absolute Gasteiger partial charge is 0.422 e. The normalized spacial score (nSPS) is 9.70. The Kier molecular flexibility index (Phi) is 3.69. The molecule has 0 aromatic heterocycles. The van der Waals surface area contributed by atoms with Gasteiger partial charge in [-0.15, -0.1) is 6.42 Å². The van der Waals surface area contributed by atoms with Gasteiger partial charge in [-0.2, -0.15) is 0 Å². The molecule has 0 fully saturated rings. The molecule has 2 nitrogen and oxygen atoms in total. The molecule has 0 aliphatic carbocycles. The molecule has 54 valence electrons. The number of esters is 1. The standard InChI is InChI=1S/C6H4Br2O2/c1-3-5(9)10-6(7,8)4-2/h2-3H,1H2. The number of alkyl halides is 2. The molecule has 0 bridgehead atoms. The van der Waals surface area contributed by atoms with Crippen molar-refractivity contribution < 1.29 is 9.53 Å². The van der Waals surface area contributed by atoms with Crippen LogP contribution in [0, 0.1) is 12.3 Å². The number of terminal acetylenes is 1. The average molecular weight is 268 g/mol. The van der Waals surface area contributed by atoms with Crippen LogP contribution in [-0.2, 0) is 9.53 Å². The summed E-state index contributed by atoms with van der Waals surface area (Å²) in [5.41, 5.74) is 0. The molecule has 0 spiro atoms. The zero-order chi connectivity index (χ0) is 8.20. The number of rotatable bonds is 2. The Hall–Kier alpha value is -0.270. The first-order valence-electron chi connectivity index (χ1n) is 2.23. The molecule has 0 aromatic carbocycles. The molecule has 0 atom stereocenters. The van der Waals surface area contributed by atoms with Crippen molar-refractivity contribution in [3.8, 4) is 12.3 Å². The molecule has 0 aliphatic heterocycles. The Labute approximate surface area is 75.9 Å². The highest BCUT2D eigenvalue weighted by Crippen LogP contribution is 2.26. The molecule has 0 rings (SSSR count). The molecule has 0 aromatic rings. The first kappa shape index (κ1) is 9.73. The molecule has 0 radical (unpaired) electrons. The van der Waals surface area contributed by atoms with Gasteiger partial charge in [-0.1, -0.05) is 6.58 Å². The van der Waals surface area contributed by atoms with Crippen molar-refractivity contribution in [2.24, 2.45) is 0 Å². The van der Waals surface area contributed by atoms with Gasteiger partial charge < -0.3 is 4.74 Å². The van der Waals surface area contributed by atoms with E-state index >= 15 is 0 Å². The number of hydrogen-bond acceptors (Lipinski definition) is 2. The summed E-state index contributed by atoms with van der Waals surface area (Å²) in [5, 5.41) is 0. The van der Waals surface area contributed by atoms with Crippen molar-refractivity contribution in [2.75, 3.05) is 0 Å². The molecule has 0 amide bonds. The van der Waals surface area contributed by atoms with Gasteiger partial charge in [0.25, 0.3) is 3.42 Å². The van der Waals surface area contributed by atoms with Crippen LogP contribution in [0.5, 0.6) is 0 Å². The van der Waals surface area contributed by atoms with E-state index in [0.717, 1.165) is 6.08 Å². The Morgan fingerprint density at radius 1 is 1.80 bits per heavy atom. The van der Waals surface area contributed by atoms with Crippen molar-refractivity contribution >= 4 is 37.8 Å². The Bertz CT molecular complexity index is 190.